The number of para-hydroxylation sites is 1. The number of rotatable bonds is 5. The molecule has 0 aliphatic rings. The van der Waals surface area contributed by atoms with E-state index in [1.807, 2.05) is 0 Å². The first-order valence-electron chi connectivity index (χ1n) is 7.12. The lowest BCUT2D eigenvalue weighted by Crippen LogP contribution is -2.32. The van der Waals surface area contributed by atoms with E-state index in [0.29, 0.717) is 11.3 Å². The fourth-order valence-electron chi connectivity index (χ4n) is 1.90. The molecule has 0 unspecified atom stereocenters. The van der Waals surface area contributed by atoms with Gasteiger partial charge in [-0.3, -0.25) is 9.59 Å². The number of hydrogen-bond acceptors (Lipinski definition) is 5. The second-order valence-electron chi connectivity index (χ2n) is 4.78. The van der Waals surface area contributed by atoms with Gasteiger partial charge in [-0.05, 0) is 30.3 Å². The van der Waals surface area contributed by atoms with Crippen molar-refractivity contribution in [3.05, 3.63) is 59.7 Å². The van der Waals surface area contributed by atoms with Crippen LogP contribution in [-0.2, 0) is 9.59 Å². The summed E-state index contributed by atoms with van der Waals surface area (Å²) in [6.45, 7) is 0. The van der Waals surface area contributed by atoms with Crippen molar-refractivity contribution in [1.82, 2.24) is 5.43 Å². The standard InChI is InChI=1S/C17H15N3O5/c1-25-14-8-3-2-5-12(14)10-18-20-16(22)15(21)19-13-7-4-6-11(9-13)17(23)24/h2-10H,1H3,(H,19,21)(H,20,22)(H,23,24). The number of amides is 2. The molecular weight excluding hydrogens is 326 g/mol. The van der Waals surface area contributed by atoms with Crippen molar-refractivity contribution < 1.29 is 24.2 Å². The van der Waals surface area contributed by atoms with Crippen LogP contribution in [0.4, 0.5) is 5.69 Å². The zero-order valence-corrected chi connectivity index (χ0v) is 13.2. The number of carbonyl (C=O) groups is 3. The minimum Gasteiger partial charge on any atom is -0.496 e. The second-order valence-corrected chi connectivity index (χ2v) is 4.78. The maximum atomic E-state index is 11.8. The predicted octanol–water partition coefficient (Wildman–Crippen LogP) is 1.48. The Labute approximate surface area is 143 Å². The highest BCUT2D eigenvalue weighted by Crippen LogP contribution is 2.14. The van der Waals surface area contributed by atoms with Crippen LogP contribution < -0.4 is 15.5 Å². The van der Waals surface area contributed by atoms with Gasteiger partial charge in [0.1, 0.15) is 5.75 Å². The number of anilines is 1. The summed E-state index contributed by atoms with van der Waals surface area (Å²) < 4.78 is 5.13. The third kappa shape index (κ3) is 4.90. The molecule has 0 radical (unpaired) electrons. The average Bonchev–Trinajstić information content (AvgIpc) is 2.62. The normalized spacial score (nSPS) is 10.3. The number of hydrogen-bond donors (Lipinski definition) is 3. The Kier molecular flexibility index (Phi) is 5.83. The van der Waals surface area contributed by atoms with Crippen LogP contribution in [0, 0.1) is 0 Å². The first-order valence-corrected chi connectivity index (χ1v) is 7.12. The van der Waals surface area contributed by atoms with Gasteiger partial charge >= 0.3 is 17.8 Å². The highest BCUT2D eigenvalue weighted by Gasteiger charge is 2.13. The molecule has 2 aromatic rings. The van der Waals surface area contributed by atoms with Gasteiger partial charge in [-0.25, -0.2) is 10.2 Å². The number of benzene rings is 2. The Morgan fingerprint density at radius 3 is 2.56 bits per heavy atom. The average molecular weight is 341 g/mol. The highest BCUT2D eigenvalue weighted by molar-refractivity contribution is 6.39. The van der Waals surface area contributed by atoms with E-state index >= 15 is 0 Å². The lowest BCUT2D eigenvalue weighted by atomic mass is 10.2. The van der Waals surface area contributed by atoms with Gasteiger partial charge < -0.3 is 15.2 Å². The van der Waals surface area contributed by atoms with Crippen molar-refractivity contribution in [2.24, 2.45) is 5.10 Å². The fourth-order valence-corrected chi connectivity index (χ4v) is 1.90. The van der Waals surface area contributed by atoms with E-state index in [1.165, 1.54) is 37.6 Å². The summed E-state index contributed by atoms with van der Waals surface area (Å²) in [6, 6.07) is 12.5. The molecule has 0 fully saturated rings. The molecule has 2 amide bonds. The van der Waals surface area contributed by atoms with Crippen LogP contribution in [0.1, 0.15) is 15.9 Å². The summed E-state index contributed by atoms with van der Waals surface area (Å²) >= 11 is 0. The molecule has 0 saturated carbocycles. The van der Waals surface area contributed by atoms with Gasteiger partial charge in [0, 0.05) is 11.3 Å². The summed E-state index contributed by atoms with van der Waals surface area (Å²) in [5, 5.41) is 14.9. The van der Waals surface area contributed by atoms with E-state index in [0.717, 1.165) is 0 Å². The quantitative estimate of drug-likeness (QED) is 0.433. The monoisotopic (exact) mass is 341 g/mol. The largest absolute Gasteiger partial charge is 0.496 e. The number of hydrazone groups is 1. The van der Waals surface area contributed by atoms with Gasteiger partial charge in [0.25, 0.3) is 0 Å². The van der Waals surface area contributed by atoms with Gasteiger partial charge in [0.2, 0.25) is 0 Å². The molecule has 0 aliphatic heterocycles. The first-order chi connectivity index (χ1) is 12.0. The second kappa shape index (κ2) is 8.25. The lowest BCUT2D eigenvalue weighted by Gasteiger charge is -2.05. The third-order valence-electron chi connectivity index (χ3n) is 3.08. The van der Waals surface area contributed by atoms with Crippen LogP contribution in [0.15, 0.2) is 53.6 Å². The minimum atomic E-state index is -1.14. The van der Waals surface area contributed by atoms with Crippen molar-refractivity contribution in [2.45, 2.75) is 0 Å². The van der Waals surface area contributed by atoms with Gasteiger partial charge in [0.05, 0.1) is 18.9 Å². The Morgan fingerprint density at radius 1 is 1.08 bits per heavy atom. The minimum absolute atomic E-state index is 0.00704. The van der Waals surface area contributed by atoms with E-state index in [1.54, 1.807) is 24.3 Å². The molecule has 0 heterocycles. The number of nitrogens with one attached hydrogen (secondary N) is 2. The molecule has 0 spiro atoms. The smallest absolute Gasteiger partial charge is 0.335 e. The van der Waals surface area contributed by atoms with Crippen molar-refractivity contribution in [3.63, 3.8) is 0 Å². The van der Waals surface area contributed by atoms with E-state index in [9.17, 15) is 14.4 Å². The molecule has 0 atom stereocenters. The van der Waals surface area contributed by atoms with Crippen LogP contribution in [-0.4, -0.2) is 36.2 Å². The molecule has 3 N–H and O–H groups in total. The molecule has 0 aliphatic carbocycles. The molecule has 8 nitrogen and oxygen atoms in total. The summed E-state index contributed by atoms with van der Waals surface area (Å²) in [5.74, 6) is -2.54. The number of ether oxygens (including phenoxy) is 1. The number of nitrogens with zero attached hydrogens (tertiary/aromatic N) is 1. The van der Waals surface area contributed by atoms with Crippen molar-refractivity contribution in [1.29, 1.82) is 0 Å². The Hall–Kier alpha value is -3.68. The van der Waals surface area contributed by atoms with Gasteiger partial charge in [0.15, 0.2) is 0 Å². The predicted molar refractivity (Wildman–Crippen MR) is 90.8 cm³/mol. The number of methoxy groups -OCH3 is 1. The van der Waals surface area contributed by atoms with Crippen LogP contribution >= 0.6 is 0 Å². The van der Waals surface area contributed by atoms with Crippen molar-refractivity contribution >= 4 is 29.7 Å². The van der Waals surface area contributed by atoms with Gasteiger partial charge in [-0.2, -0.15) is 5.10 Å². The van der Waals surface area contributed by atoms with E-state index < -0.39 is 17.8 Å². The Balaban J connectivity index is 1.96. The fraction of sp³-hybridized carbons (Fsp3) is 0.0588. The zero-order chi connectivity index (χ0) is 18.2. The molecule has 8 heteroatoms. The van der Waals surface area contributed by atoms with E-state index in [4.69, 9.17) is 9.84 Å². The molecule has 25 heavy (non-hydrogen) atoms. The highest BCUT2D eigenvalue weighted by atomic mass is 16.5. The molecule has 2 rings (SSSR count). The van der Waals surface area contributed by atoms with Crippen molar-refractivity contribution in [2.75, 3.05) is 12.4 Å². The molecule has 128 valence electrons. The third-order valence-corrected chi connectivity index (χ3v) is 3.08. The Bertz CT molecular complexity index is 833. The maximum Gasteiger partial charge on any atom is 0.335 e. The molecule has 2 aromatic carbocycles. The van der Waals surface area contributed by atoms with Crippen LogP contribution in [0.5, 0.6) is 5.75 Å². The number of carboxylic acids is 1. The first kappa shape index (κ1) is 17.7. The van der Waals surface area contributed by atoms with Crippen LogP contribution in [0.25, 0.3) is 0 Å². The summed E-state index contributed by atoms with van der Waals surface area (Å²) in [5.41, 5.74) is 2.89. The lowest BCUT2D eigenvalue weighted by molar-refractivity contribution is -0.136. The van der Waals surface area contributed by atoms with E-state index in [-0.39, 0.29) is 11.3 Å². The van der Waals surface area contributed by atoms with Gasteiger partial charge in [-0.15, -0.1) is 0 Å². The summed E-state index contributed by atoms with van der Waals surface area (Å²) in [4.78, 5) is 34.4. The number of carboxylic acid groups (broad SMARTS) is 1. The van der Waals surface area contributed by atoms with E-state index in [2.05, 4.69) is 15.8 Å². The number of carbonyl (C=O) groups excluding carboxylic acids is 2. The Morgan fingerprint density at radius 2 is 1.84 bits per heavy atom. The molecular formula is C17H15N3O5. The molecule has 0 bridgehead atoms. The molecule has 0 saturated heterocycles. The molecule has 0 aromatic heterocycles. The summed E-state index contributed by atoms with van der Waals surface area (Å²) in [6.07, 6.45) is 1.34. The summed E-state index contributed by atoms with van der Waals surface area (Å²) in [7, 11) is 1.50. The van der Waals surface area contributed by atoms with Gasteiger partial charge in [-0.1, -0.05) is 18.2 Å². The zero-order valence-electron chi connectivity index (χ0n) is 13.2. The topological polar surface area (TPSA) is 117 Å². The van der Waals surface area contributed by atoms with Crippen molar-refractivity contribution in [3.8, 4) is 5.75 Å². The maximum absolute atomic E-state index is 11.8. The van der Waals surface area contributed by atoms with Crippen LogP contribution in [0.2, 0.25) is 0 Å². The van der Waals surface area contributed by atoms with Crippen LogP contribution in [0.3, 0.4) is 0 Å². The number of aromatic carboxylic acids is 1. The SMILES string of the molecule is COc1ccccc1C=NNC(=O)C(=O)Nc1cccc(C(=O)O)c1.